The molecule has 0 bridgehead atoms. The van der Waals surface area contributed by atoms with Crippen molar-refractivity contribution in [2.24, 2.45) is 41.4 Å². The van der Waals surface area contributed by atoms with Gasteiger partial charge in [-0.15, -0.1) is 0 Å². The van der Waals surface area contributed by atoms with Crippen molar-refractivity contribution in [3.63, 3.8) is 0 Å². The van der Waals surface area contributed by atoms with E-state index in [1.807, 2.05) is 55.4 Å². The second-order valence-electron chi connectivity index (χ2n) is 26.7. The van der Waals surface area contributed by atoms with Crippen molar-refractivity contribution in [2.75, 3.05) is 55.9 Å². The third-order valence-electron chi connectivity index (χ3n) is 16.2. The Labute approximate surface area is 524 Å². The van der Waals surface area contributed by atoms with E-state index in [9.17, 15) is 53.1 Å². The first-order chi connectivity index (χ1) is 40.5. The number of aliphatic hydroxyl groups is 1. The minimum absolute atomic E-state index is 0.111. The Hall–Kier alpha value is -6.66. The number of carbonyl (C=O) groups excluding carboxylic acids is 11. The van der Waals surface area contributed by atoms with Gasteiger partial charge in [0, 0.05) is 55.8 Å². The quantitative estimate of drug-likeness (QED) is 0.114. The van der Waals surface area contributed by atoms with Crippen LogP contribution in [-0.4, -0.2) is 238 Å². The Balaban J connectivity index is 4.31. The van der Waals surface area contributed by atoms with Gasteiger partial charge in [0.1, 0.15) is 60.4 Å². The van der Waals surface area contributed by atoms with Crippen LogP contribution < -0.4 is 21.3 Å². The fourth-order valence-corrected chi connectivity index (χ4v) is 10.8. The van der Waals surface area contributed by atoms with Crippen LogP contribution in [0.1, 0.15) is 156 Å². The largest absolute Gasteiger partial charge is 0.481 e. The Kier molecular flexibility index (Phi) is 32.6. The highest BCUT2D eigenvalue weighted by atomic mass is 16.4. The van der Waals surface area contributed by atoms with E-state index >= 15 is 9.59 Å². The van der Waals surface area contributed by atoms with Gasteiger partial charge in [0.25, 0.3) is 0 Å². The van der Waals surface area contributed by atoms with Gasteiger partial charge in [-0.05, 0) is 101 Å². The van der Waals surface area contributed by atoms with Crippen molar-refractivity contribution in [2.45, 2.75) is 222 Å². The molecule has 0 spiro atoms. The summed E-state index contributed by atoms with van der Waals surface area (Å²) in [6.07, 6.45) is 2.35. The van der Waals surface area contributed by atoms with Gasteiger partial charge < -0.3 is 65.8 Å². The number of carbonyl (C=O) groups is 12. The lowest BCUT2D eigenvalue weighted by molar-refractivity contribution is -0.157. The number of carboxylic acids is 1. The predicted molar refractivity (Wildman–Crippen MR) is 335 cm³/mol. The van der Waals surface area contributed by atoms with E-state index in [0.717, 1.165) is 9.80 Å². The number of likely N-dealkylation sites (N-methyl/N-ethyl adjacent to an activating group) is 7. The average Bonchev–Trinajstić information content (AvgIpc) is 3.13. The number of aliphatic carboxylic acids is 1. The molecule has 11 amide bonds. The van der Waals surface area contributed by atoms with Crippen LogP contribution in [0.2, 0.25) is 0 Å². The third kappa shape index (κ3) is 23.1. The van der Waals surface area contributed by atoms with Gasteiger partial charge in [-0.3, -0.25) is 57.5 Å². The fraction of sp³-hybridized carbons (Fsp3) is 0.778. The third-order valence-corrected chi connectivity index (χ3v) is 16.2. The van der Waals surface area contributed by atoms with Crippen molar-refractivity contribution >= 4 is 70.9 Å². The van der Waals surface area contributed by atoms with Gasteiger partial charge in [0.15, 0.2) is 0 Å². The van der Waals surface area contributed by atoms with Crippen molar-refractivity contribution in [3.05, 3.63) is 12.2 Å². The summed E-state index contributed by atoms with van der Waals surface area (Å²) in [6, 6.07) is -12.8. The first-order valence-corrected chi connectivity index (χ1v) is 31.1. The summed E-state index contributed by atoms with van der Waals surface area (Å²) >= 11 is 0. The Morgan fingerprint density at radius 2 is 0.852 bits per heavy atom. The smallest absolute Gasteiger partial charge is 0.303 e. The van der Waals surface area contributed by atoms with E-state index in [-0.39, 0.29) is 68.6 Å². The van der Waals surface area contributed by atoms with Crippen LogP contribution in [0, 0.1) is 41.4 Å². The number of hydrogen-bond acceptors (Lipinski definition) is 13. The first-order valence-electron chi connectivity index (χ1n) is 31.1. The lowest BCUT2D eigenvalue weighted by Crippen LogP contribution is -2.63. The maximum absolute atomic E-state index is 15.2. The van der Waals surface area contributed by atoms with Crippen LogP contribution in [0.25, 0.3) is 0 Å². The average molecular weight is 1250 g/mol. The van der Waals surface area contributed by atoms with E-state index < -0.39 is 162 Å². The van der Waals surface area contributed by atoms with Crippen LogP contribution in [0.15, 0.2) is 12.2 Å². The van der Waals surface area contributed by atoms with Crippen molar-refractivity contribution in [1.82, 2.24) is 55.6 Å². The summed E-state index contributed by atoms with van der Waals surface area (Å²) in [7, 11) is 9.69. The van der Waals surface area contributed by atoms with E-state index in [0.29, 0.717) is 0 Å². The molecule has 25 nitrogen and oxygen atoms in total. The molecule has 0 aromatic carbocycles. The number of rotatable bonds is 17. The fourth-order valence-electron chi connectivity index (χ4n) is 10.8. The summed E-state index contributed by atoms with van der Waals surface area (Å²) in [5, 5.41) is 32.1. The molecule has 0 radical (unpaired) electrons. The second kappa shape index (κ2) is 36.1. The lowest BCUT2D eigenvalue weighted by atomic mass is 9.91. The molecule has 502 valence electrons. The number of carboxylic acid groups (broad SMARTS) is 1. The molecule has 12 atom stereocenters. The van der Waals surface area contributed by atoms with Gasteiger partial charge in [-0.2, -0.15) is 0 Å². The van der Waals surface area contributed by atoms with Gasteiger partial charge >= 0.3 is 5.97 Å². The maximum atomic E-state index is 15.2. The zero-order valence-corrected chi connectivity index (χ0v) is 57.1. The molecule has 25 heteroatoms. The molecular formula is C63H111N11O14. The molecule has 0 aliphatic carbocycles. The van der Waals surface area contributed by atoms with E-state index in [2.05, 4.69) is 21.3 Å². The predicted octanol–water partition coefficient (Wildman–Crippen LogP) is 2.72. The summed E-state index contributed by atoms with van der Waals surface area (Å²) in [4.78, 5) is 179. The number of hydrogen-bond donors (Lipinski definition) is 6. The van der Waals surface area contributed by atoms with Crippen LogP contribution in [0.5, 0.6) is 0 Å². The molecule has 1 aliphatic heterocycles. The lowest BCUT2D eigenvalue weighted by Gasteiger charge is -2.41. The molecule has 0 aromatic heterocycles. The summed E-state index contributed by atoms with van der Waals surface area (Å²) < 4.78 is 0. The zero-order valence-electron chi connectivity index (χ0n) is 57.1. The van der Waals surface area contributed by atoms with Crippen molar-refractivity contribution in [3.8, 4) is 0 Å². The monoisotopic (exact) mass is 1250 g/mol. The molecule has 0 saturated carbocycles. The molecule has 0 aromatic rings. The van der Waals surface area contributed by atoms with Crippen LogP contribution in [-0.2, 0) is 57.5 Å². The number of aliphatic hydroxyl groups excluding tert-OH is 1. The minimum Gasteiger partial charge on any atom is -0.481 e. The molecule has 1 fully saturated rings. The van der Waals surface area contributed by atoms with Crippen LogP contribution in [0.4, 0.5) is 0 Å². The molecular weight excluding hydrogens is 1130 g/mol. The normalized spacial score (nSPS) is 26.3. The molecule has 1 saturated heterocycles. The minimum atomic E-state index is -1.71. The number of allylic oxidation sites excluding steroid dienone is 2. The zero-order chi connectivity index (χ0) is 68.3. The maximum Gasteiger partial charge on any atom is 0.303 e. The molecule has 1 rings (SSSR count). The highest BCUT2D eigenvalue weighted by molar-refractivity contribution is 5.99. The van der Waals surface area contributed by atoms with Gasteiger partial charge in [-0.1, -0.05) is 102 Å². The number of nitrogens with zero attached hydrogens (tertiary/aromatic N) is 7. The van der Waals surface area contributed by atoms with Crippen molar-refractivity contribution in [1.29, 1.82) is 0 Å². The summed E-state index contributed by atoms with van der Waals surface area (Å²) in [5.74, 6) is -11.5. The van der Waals surface area contributed by atoms with E-state index in [1.165, 1.54) is 94.6 Å². The Morgan fingerprint density at radius 3 is 1.32 bits per heavy atom. The van der Waals surface area contributed by atoms with Gasteiger partial charge in [0.2, 0.25) is 65.0 Å². The van der Waals surface area contributed by atoms with Gasteiger partial charge in [0.05, 0.1) is 12.6 Å². The van der Waals surface area contributed by atoms with E-state index in [1.54, 1.807) is 46.8 Å². The Morgan fingerprint density at radius 1 is 0.455 bits per heavy atom. The SMILES string of the molecule is CC(C)C[C@H]1C(=O)NC(C(C)C)C(=O)N(C)[C@@H](CC(C)C)C(=O)N[C@@H](C)C(=O)N[C@H](C)C(=O)N(C)[C@@H](CC(C)C)C(=O)N(C)[C@@H](CC(C)C)C(=O)N(C)[C@@H](C(C)C)C(=O)N(C)C([C@H](O)[C@H](C)C/C=C/CCC(=O)O)C(=O)N[C@@H](C)C(=O)N(C)CC(=O)N1C. The Bertz CT molecular complexity index is 2450. The molecule has 88 heavy (non-hydrogen) atoms. The topological polar surface area (TPSA) is 316 Å². The second-order valence-corrected chi connectivity index (χ2v) is 26.7. The molecule has 2 unspecified atom stereocenters. The highest BCUT2D eigenvalue weighted by Gasteiger charge is 2.45. The molecule has 1 aliphatic rings. The summed E-state index contributed by atoms with van der Waals surface area (Å²) in [6.45, 7) is 26.8. The summed E-state index contributed by atoms with van der Waals surface area (Å²) in [5.41, 5.74) is 0. The van der Waals surface area contributed by atoms with Crippen LogP contribution in [0.3, 0.4) is 0 Å². The highest BCUT2D eigenvalue weighted by Crippen LogP contribution is 2.26. The number of amides is 11. The number of nitrogens with one attached hydrogen (secondary N) is 4. The van der Waals surface area contributed by atoms with E-state index in [4.69, 9.17) is 5.11 Å². The molecule has 6 N–H and O–H groups in total. The molecule has 1 heterocycles. The first kappa shape index (κ1) is 79.4. The van der Waals surface area contributed by atoms with Crippen molar-refractivity contribution < 1.29 is 67.7 Å². The van der Waals surface area contributed by atoms with Crippen LogP contribution >= 0.6 is 0 Å². The van der Waals surface area contributed by atoms with Gasteiger partial charge in [-0.25, -0.2) is 0 Å². The standard InChI is InChI=1S/C63H111N11O14/c1-34(2)29-44-56(81)67-50(38(9)10)62(87)70(19)45(30-35(3)4)55(80)64-41(14)54(79)65-43(16)59(84)71(20)46(31-36(5)6)60(85)72(21)47(32-37(7)8)61(86)73(22)51(39(11)12)63(88)74(23)52(53(78)40(13)27-25-24-26-28-49(76)77)57(82)66-42(15)58(83)68(17)33-48(75)69(44)18/h24-25,34-47,50-53,78H,26-33H2,1-23H3,(H,64,80)(H,65,79)(H,66,82)(H,67,81)(H,76,77)/b25-24+/t40-,41+,42+,43-,44+,45+,46+,47+,50?,51+,52?,53-/m1/s1.